The van der Waals surface area contributed by atoms with Crippen LogP contribution in [0.15, 0.2) is 40.8 Å². The zero-order valence-corrected chi connectivity index (χ0v) is 24.1. The van der Waals surface area contributed by atoms with Crippen molar-refractivity contribution >= 4 is 33.5 Å². The van der Waals surface area contributed by atoms with Crippen LogP contribution in [0.3, 0.4) is 0 Å². The van der Waals surface area contributed by atoms with Crippen molar-refractivity contribution in [2.75, 3.05) is 27.2 Å². The maximum absolute atomic E-state index is 13.1. The van der Waals surface area contributed by atoms with Gasteiger partial charge in [0, 0.05) is 46.8 Å². The zero-order chi connectivity index (χ0) is 27.2. The summed E-state index contributed by atoms with van der Waals surface area (Å²) in [6.45, 7) is 1.93. The van der Waals surface area contributed by atoms with Gasteiger partial charge in [0.05, 0.1) is 0 Å². The largest absolute Gasteiger partial charge is 0.456 e. The Morgan fingerprint density at radius 1 is 0.667 bits per heavy atom. The lowest BCUT2D eigenvalue weighted by molar-refractivity contribution is 0.0963. The Hall–Kier alpha value is -2.50. The maximum atomic E-state index is 13.1. The van der Waals surface area contributed by atoms with Crippen molar-refractivity contribution in [3.8, 4) is 0 Å². The standard InChI is InChI=1S/C34H46N2O3/c1-35(27-11-5-3-6-12-27)21-9-15-31(37)25-17-19-33-29(23-25)30-24-26(18-20-34(30)39-33)32(38)16-10-22-36(2)28-13-7-4-8-14-28/h17-20,23-24,27-28H,3-16,21-22H2,1-2H3. The van der Waals surface area contributed by atoms with Gasteiger partial charge in [-0.25, -0.2) is 0 Å². The van der Waals surface area contributed by atoms with Gasteiger partial charge in [-0.1, -0.05) is 38.5 Å². The molecule has 5 nitrogen and oxygen atoms in total. The topological polar surface area (TPSA) is 53.8 Å². The van der Waals surface area contributed by atoms with Crippen LogP contribution in [0.5, 0.6) is 0 Å². The molecular formula is C34H46N2O3. The first-order valence-electron chi connectivity index (χ1n) is 15.4. The summed E-state index contributed by atoms with van der Waals surface area (Å²) >= 11 is 0. The summed E-state index contributed by atoms with van der Waals surface area (Å²) in [5, 5.41) is 1.84. The van der Waals surface area contributed by atoms with Gasteiger partial charge in [0.15, 0.2) is 11.6 Å². The van der Waals surface area contributed by atoms with E-state index in [-0.39, 0.29) is 11.6 Å². The van der Waals surface area contributed by atoms with Gasteiger partial charge in [-0.2, -0.15) is 0 Å². The van der Waals surface area contributed by atoms with Crippen molar-refractivity contribution in [3.05, 3.63) is 47.5 Å². The van der Waals surface area contributed by atoms with Crippen LogP contribution in [0.1, 0.15) is 111 Å². The molecule has 2 aromatic carbocycles. The third-order valence-corrected chi connectivity index (χ3v) is 9.34. The normalized spacial score (nSPS) is 17.5. The molecule has 5 rings (SSSR count). The van der Waals surface area contributed by atoms with E-state index in [1.165, 1.54) is 64.2 Å². The minimum absolute atomic E-state index is 0.178. The molecule has 0 atom stereocenters. The first-order valence-corrected chi connectivity index (χ1v) is 15.4. The smallest absolute Gasteiger partial charge is 0.162 e. The molecule has 1 heterocycles. The van der Waals surface area contributed by atoms with Gasteiger partial charge >= 0.3 is 0 Å². The van der Waals surface area contributed by atoms with Gasteiger partial charge in [0.2, 0.25) is 0 Å². The highest BCUT2D eigenvalue weighted by molar-refractivity contribution is 6.10. The van der Waals surface area contributed by atoms with Gasteiger partial charge in [0.1, 0.15) is 11.2 Å². The third kappa shape index (κ3) is 6.99. The number of nitrogens with zero attached hydrogens (tertiary/aromatic N) is 2. The van der Waals surface area contributed by atoms with Crippen molar-refractivity contribution in [3.63, 3.8) is 0 Å². The van der Waals surface area contributed by atoms with Crippen LogP contribution in [0.25, 0.3) is 21.9 Å². The predicted octanol–water partition coefficient (Wildman–Crippen LogP) is 8.04. The molecule has 210 valence electrons. The molecule has 2 aliphatic rings. The number of fused-ring (bicyclic) bond motifs is 3. The number of Topliss-reactive ketones (excluding diaryl/α,β-unsaturated/α-hetero) is 2. The highest BCUT2D eigenvalue weighted by Crippen LogP contribution is 2.31. The first-order chi connectivity index (χ1) is 19.0. The number of ketones is 2. The van der Waals surface area contributed by atoms with E-state index in [9.17, 15) is 9.59 Å². The number of furan rings is 1. The number of rotatable bonds is 12. The van der Waals surface area contributed by atoms with E-state index < -0.39 is 0 Å². The second-order valence-corrected chi connectivity index (χ2v) is 12.1. The van der Waals surface area contributed by atoms with Crippen LogP contribution in [-0.4, -0.2) is 60.6 Å². The molecule has 0 aliphatic heterocycles. The Bertz CT molecular complexity index is 1170. The fourth-order valence-electron chi connectivity index (χ4n) is 6.80. The Balaban J connectivity index is 1.19. The second-order valence-electron chi connectivity index (χ2n) is 12.1. The zero-order valence-electron chi connectivity index (χ0n) is 24.1. The summed E-state index contributed by atoms with van der Waals surface area (Å²) in [4.78, 5) is 31.0. The van der Waals surface area contributed by atoms with E-state index >= 15 is 0 Å². The second kappa shape index (κ2) is 13.2. The molecule has 3 aromatic rings. The highest BCUT2D eigenvalue weighted by atomic mass is 16.3. The Kier molecular flexibility index (Phi) is 9.52. The molecule has 0 radical (unpaired) electrons. The fourth-order valence-corrected chi connectivity index (χ4v) is 6.80. The lowest BCUT2D eigenvalue weighted by Gasteiger charge is -2.31. The quantitative estimate of drug-likeness (QED) is 0.222. The molecule has 39 heavy (non-hydrogen) atoms. The summed E-state index contributed by atoms with van der Waals surface area (Å²) in [7, 11) is 4.41. The van der Waals surface area contributed by atoms with Crippen LogP contribution in [0.2, 0.25) is 0 Å². The fraction of sp³-hybridized carbons (Fsp3) is 0.588. The van der Waals surface area contributed by atoms with E-state index in [2.05, 4.69) is 23.9 Å². The number of carbonyl (C=O) groups is 2. The Labute approximate surface area is 233 Å². The average Bonchev–Trinajstić information content (AvgIpc) is 3.35. The van der Waals surface area contributed by atoms with E-state index in [1.54, 1.807) is 0 Å². The molecule has 2 saturated carbocycles. The molecule has 0 bridgehead atoms. The lowest BCUT2D eigenvalue weighted by Crippen LogP contribution is -2.34. The SMILES string of the molecule is CN(CCCC(=O)c1ccc2oc3ccc(C(=O)CCCN(C)C4CCCCC4)cc3c2c1)C1CCCCC1. The minimum Gasteiger partial charge on any atom is -0.456 e. The summed E-state index contributed by atoms with van der Waals surface area (Å²) in [5.74, 6) is 0.357. The Morgan fingerprint density at radius 3 is 1.49 bits per heavy atom. The van der Waals surface area contributed by atoms with Gasteiger partial charge in [-0.15, -0.1) is 0 Å². The van der Waals surface area contributed by atoms with Gasteiger partial charge in [0.25, 0.3) is 0 Å². The van der Waals surface area contributed by atoms with Crippen LogP contribution >= 0.6 is 0 Å². The van der Waals surface area contributed by atoms with Crippen LogP contribution in [-0.2, 0) is 0 Å². The summed E-state index contributed by atoms with van der Waals surface area (Å²) < 4.78 is 6.05. The van der Waals surface area contributed by atoms with E-state index in [0.29, 0.717) is 24.9 Å². The van der Waals surface area contributed by atoms with E-state index in [0.717, 1.165) is 59.0 Å². The number of hydrogen-bond donors (Lipinski definition) is 0. The first kappa shape index (κ1) is 28.0. The van der Waals surface area contributed by atoms with Crippen LogP contribution < -0.4 is 0 Å². The monoisotopic (exact) mass is 530 g/mol. The highest BCUT2D eigenvalue weighted by Gasteiger charge is 2.20. The van der Waals surface area contributed by atoms with Crippen molar-refractivity contribution in [1.82, 2.24) is 9.80 Å². The predicted molar refractivity (Wildman–Crippen MR) is 160 cm³/mol. The summed E-state index contributed by atoms with van der Waals surface area (Å²) in [6, 6.07) is 12.8. The van der Waals surface area contributed by atoms with E-state index in [4.69, 9.17) is 4.42 Å². The molecule has 0 saturated heterocycles. The molecule has 0 spiro atoms. The van der Waals surface area contributed by atoms with Crippen molar-refractivity contribution in [2.45, 2.75) is 102 Å². The summed E-state index contributed by atoms with van der Waals surface area (Å²) in [6.07, 6.45) is 16.1. The van der Waals surface area contributed by atoms with E-state index in [1.807, 2.05) is 36.4 Å². The van der Waals surface area contributed by atoms with Crippen molar-refractivity contribution in [1.29, 1.82) is 0 Å². The molecule has 5 heteroatoms. The third-order valence-electron chi connectivity index (χ3n) is 9.34. The Morgan fingerprint density at radius 2 is 1.08 bits per heavy atom. The van der Waals surface area contributed by atoms with Crippen LogP contribution in [0.4, 0.5) is 0 Å². The number of carbonyl (C=O) groups excluding carboxylic acids is 2. The molecule has 0 amide bonds. The van der Waals surface area contributed by atoms with Gasteiger partial charge in [-0.05, 0) is 102 Å². The van der Waals surface area contributed by atoms with Crippen LogP contribution in [0, 0.1) is 0 Å². The molecule has 0 unspecified atom stereocenters. The van der Waals surface area contributed by atoms with Gasteiger partial charge < -0.3 is 14.2 Å². The molecular weight excluding hydrogens is 484 g/mol. The average molecular weight is 531 g/mol. The van der Waals surface area contributed by atoms with Crippen molar-refractivity contribution < 1.29 is 14.0 Å². The number of benzene rings is 2. The molecule has 0 N–H and O–H groups in total. The summed E-state index contributed by atoms with van der Waals surface area (Å²) in [5.41, 5.74) is 2.98. The molecule has 1 aromatic heterocycles. The molecule has 2 aliphatic carbocycles. The maximum Gasteiger partial charge on any atom is 0.162 e. The lowest BCUT2D eigenvalue weighted by atomic mass is 9.94. The van der Waals surface area contributed by atoms with Crippen molar-refractivity contribution in [2.24, 2.45) is 0 Å². The minimum atomic E-state index is 0.178. The number of hydrogen-bond acceptors (Lipinski definition) is 5. The molecule has 2 fully saturated rings. The van der Waals surface area contributed by atoms with Gasteiger partial charge in [-0.3, -0.25) is 9.59 Å².